The number of hydrogen-bond acceptors (Lipinski definition) is 7. The van der Waals surface area contributed by atoms with Crippen molar-refractivity contribution in [3.63, 3.8) is 0 Å². The van der Waals surface area contributed by atoms with E-state index in [1.807, 2.05) is 23.6 Å². The average molecular weight is 449 g/mol. The Morgan fingerprint density at radius 3 is 2.45 bits per heavy atom. The zero-order valence-corrected chi connectivity index (χ0v) is 17.7. The molecule has 0 radical (unpaired) electrons. The molecular formula is C23H16N2O4S2. The first kappa shape index (κ1) is 20.6. The van der Waals surface area contributed by atoms with E-state index >= 15 is 0 Å². The predicted molar refractivity (Wildman–Crippen MR) is 121 cm³/mol. The monoisotopic (exact) mass is 448 g/mol. The number of anilines is 1. The lowest BCUT2D eigenvalue weighted by molar-refractivity contribution is -0.119. The van der Waals surface area contributed by atoms with Crippen molar-refractivity contribution in [2.45, 2.75) is 0 Å². The molecule has 4 aromatic rings. The van der Waals surface area contributed by atoms with E-state index in [9.17, 15) is 14.4 Å². The molecule has 1 N–H and O–H groups in total. The number of thiophene rings is 1. The number of para-hydroxylation sites is 1. The molecule has 8 heteroatoms. The van der Waals surface area contributed by atoms with E-state index in [0.29, 0.717) is 16.8 Å². The van der Waals surface area contributed by atoms with Crippen LogP contribution in [0.15, 0.2) is 77.5 Å². The molecule has 31 heavy (non-hydrogen) atoms. The van der Waals surface area contributed by atoms with Crippen LogP contribution in [0.1, 0.15) is 26.4 Å². The van der Waals surface area contributed by atoms with Crippen LogP contribution < -0.4 is 5.32 Å². The number of aromatic nitrogens is 1. The summed E-state index contributed by atoms with van der Waals surface area (Å²) in [6.45, 7) is -0.488. The Kier molecular flexibility index (Phi) is 6.30. The van der Waals surface area contributed by atoms with E-state index in [4.69, 9.17) is 4.74 Å². The van der Waals surface area contributed by atoms with Crippen molar-refractivity contribution in [1.82, 2.24) is 4.98 Å². The van der Waals surface area contributed by atoms with Crippen molar-refractivity contribution in [3.8, 4) is 9.88 Å². The molecule has 154 valence electrons. The van der Waals surface area contributed by atoms with Crippen LogP contribution in [0.2, 0.25) is 0 Å². The largest absolute Gasteiger partial charge is 0.451 e. The molecule has 0 saturated heterocycles. The van der Waals surface area contributed by atoms with Gasteiger partial charge in [-0.2, -0.15) is 0 Å². The number of carbonyl (C=O) groups excluding carboxylic acids is 3. The van der Waals surface area contributed by atoms with E-state index in [1.54, 1.807) is 53.9 Å². The van der Waals surface area contributed by atoms with Crippen LogP contribution in [-0.2, 0) is 9.53 Å². The first-order chi connectivity index (χ1) is 15.1. The summed E-state index contributed by atoms with van der Waals surface area (Å²) in [5, 5.41) is 6.89. The number of esters is 1. The van der Waals surface area contributed by atoms with Crippen molar-refractivity contribution in [2.75, 3.05) is 11.9 Å². The van der Waals surface area contributed by atoms with Gasteiger partial charge in [0.2, 0.25) is 0 Å². The lowest BCUT2D eigenvalue weighted by Gasteiger charge is -2.10. The number of thiazole rings is 1. The van der Waals surface area contributed by atoms with Crippen molar-refractivity contribution in [3.05, 3.63) is 94.3 Å². The number of amides is 1. The van der Waals surface area contributed by atoms with Gasteiger partial charge in [-0.25, -0.2) is 9.78 Å². The highest BCUT2D eigenvalue weighted by Gasteiger charge is 2.18. The van der Waals surface area contributed by atoms with E-state index in [-0.39, 0.29) is 11.5 Å². The molecule has 1 amide bonds. The second kappa shape index (κ2) is 9.46. The predicted octanol–water partition coefficient (Wildman–Crippen LogP) is 4.90. The average Bonchev–Trinajstić information content (AvgIpc) is 3.50. The third-order valence-corrected chi connectivity index (χ3v) is 6.14. The molecule has 0 unspecified atom stereocenters. The Morgan fingerprint density at radius 2 is 1.68 bits per heavy atom. The van der Waals surface area contributed by atoms with Gasteiger partial charge in [0.1, 0.15) is 5.01 Å². The number of rotatable bonds is 7. The second-order valence-electron chi connectivity index (χ2n) is 6.38. The Hall–Kier alpha value is -3.62. The maximum absolute atomic E-state index is 12.8. The highest BCUT2D eigenvalue weighted by Crippen LogP contribution is 2.28. The van der Waals surface area contributed by atoms with E-state index in [0.717, 1.165) is 9.88 Å². The van der Waals surface area contributed by atoms with Crippen LogP contribution in [0.25, 0.3) is 9.88 Å². The normalized spacial score (nSPS) is 10.5. The van der Waals surface area contributed by atoms with Crippen LogP contribution in [0.5, 0.6) is 0 Å². The molecule has 0 saturated carbocycles. The number of carbonyl (C=O) groups is 3. The summed E-state index contributed by atoms with van der Waals surface area (Å²) >= 11 is 2.86. The number of ketones is 1. The summed E-state index contributed by atoms with van der Waals surface area (Å²) in [5.74, 6) is -1.43. The number of nitrogens with one attached hydrogen (secondary N) is 1. The number of hydrogen-bond donors (Lipinski definition) is 1. The first-order valence-corrected chi connectivity index (χ1v) is 11.0. The minimum absolute atomic E-state index is 0.154. The van der Waals surface area contributed by atoms with Gasteiger partial charge in [-0.05, 0) is 23.6 Å². The van der Waals surface area contributed by atoms with Crippen molar-refractivity contribution >= 4 is 46.0 Å². The molecular weight excluding hydrogens is 432 g/mol. The molecule has 0 aliphatic heterocycles. The lowest BCUT2D eigenvalue weighted by atomic mass is 10.0. The summed E-state index contributed by atoms with van der Waals surface area (Å²) in [6.07, 6.45) is 0. The smallest absolute Gasteiger partial charge is 0.358 e. The molecule has 2 heterocycles. The van der Waals surface area contributed by atoms with Crippen molar-refractivity contribution < 1.29 is 19.1 Å². The maximum Gasteiger partial charge on any atom is 0.358 e. The van der Waals surface area contributed by atoms with Crippen molar-refractivity contribution in [1.29, 1.82) is 0 Å². The molecule has 0 bridgehead atoms. The molecule has 0 atom stereocenters. The Balaban J connectivity index is 1.38. The Labute approximate surface area is 186 Å². The molecule has 0 aliphatic carbocycles. The molecule has 0 aliphatic rings. The Bertz CT molecular complexity index is 1220. The molecule has 2 aromatic heterocycles. The number of ether oxygens (including phenoxy) is 1. The van der Waals surface area contributed by atoms with Crippen LogP contribution in [0.4, 0.5) is 5.69 Å². The van der Waals surface area contributed by atoms with Crippen LogP contribution in [0.3, 0.4) is 0 Å². The van der Waals surface area contributed by atoms with Gasteiger partial charge in [0.15, 0.2) is 18.1 Å². The first-order valence-electron chi connectivity index (χ1n) is 9.27. The molecule has 2 aromatic carbocycles. The number of nitrogens with zero attached hydrogens (tertiary/aromatic N) is 1. The van der Waals surface area contributed by atoms with Gasteiger partial charge in [-0.15, -0.1) is 22.7 Å². The third-order valence-electron chi connectivity index (χ3n) is 4.26. The molecule has 0 spiro atoms. The summed E-state index contributed by atoms with van der Waals surface area (Å²) in [6, 6.07) is 19.3. The fourth-order valence-electron chi connectivity index (χ4n) is 2.81. The van der Waals surface area contributed by atoms with Crippen molar-refractivity contribution in [2.24, 2.45) is 0 Å². The summed E-state index contributed by atoms with van der Waals surface area (Å²) < 4.78 is 5.09. The highest BCUT2D eigenvalue weighted by molar-refractivity contribution is 7.20. The van der Waals surface area contributed by atoms with E-state index in [2.05, 4.69) is 10.3 Å². The molecule has 6 nitrogen and oxygen atoms in total. The zero-order chi connectivity index (χ0) is 21.6. The number of benzene rings is 2. The van der Waals surface area contributed by atoms with Gasteiger partial charge >= 0.3 is 5.97 Å². The second-order valence-corrected chi connectivity index (χ2v) is 8.19. The van der Waals surface area contributed by atoms with E-state index in [1.165, 1.54) is 22.7 Å². The summed E-state index contributed by atoms with van der Waals surface area (Å²) in [5.41, 5.74) is 1.38. The van der Waals surface area contributed by atoms with Crippen LogP contribution in [0, 0.1) is 0 Å². The van der Waals surface area contributed by atoms with Gasteiger partial charge in [-0.1, -0.05) is 48.5 Å². The quantitative estimate of drug-likeness (QED) is 0.321. The summed E-state index contributed by atoms with van der Waals surface area (Å²) in [4.78, 5) is 42.6. The third kappa shape index (κ3) is 4.93. The van der Waals surface area contributed by atoms with Gasteiger partial charge in [-0.3, -0.25) is 9.59 Å². The van der Waals surface area contributed by atoms with Gasteiger partial charge in [0.05, 0.1) is 10.6 Å². The summed E-state index contributed by atoms with van der Waals surface area (Å²) in [7, 11) is 0. The van der Waals surface area contributed by atoms with Crippen LogP contribution >= 0.6 is 22.7 Å². The topological polar surface area (TPSA) is 85.4 Å². The van der Waals surface area contributed by atoms with Gasteiger partial charge in [0.25, 0.3) is 5.91 Å². The van der Waals surface area contributed by atoms with Gasteiger partial charge < -0.3 is 10.1 Å². The fourth-order valence-corrected chi connectivity index (χ4v) is 4.41. The minimum atomic E-state index is -0.678. The lowest BCUT2D eigenvalue weighted by Crippen LogP contribution is -2.22. The zero-order valence-electron chi connectivity index (χ0n) is 16.1. The Morgan fingerprint density at radius 1 is 0.903 bits per heavy atom. The minimum Gasteiger partial charge on any atom is -0.451 e. The SMILES string of the molecule is O=C(COC(=O)c1csc(-c2cccs2)n1)Nc1ccccc1C(=O)c1ccccc1. The van der Waals surface area contributed by atoms with Gasteiger partial charge in [0, 0.05) is 16.5 Å². The van der Waals surface area contributed by atoms with Crippen LogP contribution in [-0.4, -0.2) is 29.3 Å². The molecule has 0 fully saturated rings. The fraction of sp³-hybridized carbons (Fsp3) is 0.0435. The highest BCUT2D eigenvalue weighted by atomic mass is 32.1. The molecule has 4 rings (SSSR count). The standard InChI is InChI=1S/C23H16N2O4S2/c26-20(13-29-23(28)18-14-31-22(25-18)19-11-6-12-30-19)24-17-10-5-4-9-16(17)21(27)15-7-2-1-3-8-15/h1-12,14H,13H2,(H,24,26). The van der Waals surface area contributed by atoms with E-state index < -0.39 is 18.5 Å². The maximum atomic E-state index is 12.8.